The van der Waals surface area contributed by atoms with E-state index in [4.69, 9.17) is 10.4 Å². The number of nitrogens with one attached hydrogen (secondary N) is 2. The maximum atomic E-state index is 12.3. The molecule has 2 N–H and O–H groups in total. The first-order chi connectivity index (χ1) is 13.8. The van der Waals surface area contributed by atoms with Crippen LogP contribution in [0.5, 0.6) is 0 Å². The molecule has 0 radical (unpaired) electrons. The van der Waals surface area contributed by atoms with E-state index in [0.717, 1.165) is 39.7 Å². The first kappa shape index (κ1) is 18.5. The van der Waals surface area contributed by atoms with Crippen molar-refractivity contribution in [2.45, 2.75) is 12.8 Å². The van der Waals surface area contributed by atoms with Gasteiger partial charge in [0.25, 0.3) is 0 Å². The summed E-state index contributed by atoms with van der Waals surface area (Å²) in [5, 5.41) is 11.3. The third-order valence-corrected chi connectivity index (χ3v) is 5.70. The summed E-state index contributed by atoms with van der Waals surface area (Å²) in [5.41, 5.74) is 3.03. The Bertz CT molecular complexity index is 992. The molecule has 1 aliphatic heterocycles. The van der Waals surface area contributed by atoms with Gasteiger partial charge in [-0.15, -0.1) is 11.3 Å². The van der Waals surface area contributed by atoms with Gasteiger partial charge in [-0.3, -0.25) is 4.98 Å². The molecule has 4 rings (SSSR count). The largest absolute Gasteiger partial charge is 0.388 e. The van der Waals surface area contributed by atoms with E-state index < -0.39 is 6.67 Å². The summed E-state index contributed by atoms with van der Waals surface area (Å²) < 4.78 is 13.2. The van der Waals surface area contributed by atoms with E-state index in [-0.39, 0.29) is 6.54 Å². The first-order valence-electron chi connectivity index (χ1n) is 9.27. The van der Waals surface area contributed by atoms with Crippen molar-refractivity contribution < 1.29 is 4.39 Å². The van der Waals surface area contributed by atoms with Crippen molar-refractivity contribution in [3.8, 4) is 10.6 Å². The predicted octanol–water partition coefficient (Wildman–Crippen LogP) is 3.90. The summed E-state index contributed by atoms with van der Waals surface area (Å²) in [4.78, 5) is 16.1. The lowest BCUT2D eigenvalue weighted by Crippen LogP contribution is -2.18. The fraction of sp³-hybridized carbons (Fsp3) is 0.300. The lowest BCUT2D eigenvalue weighted by molar-refractivity contribution is 0.487. The molecule has 1 aliphatic rings. The number of hydrogen-bond donors (Lipinski definition) is 2. The van der Waals surface area contributed by atoms with Gasteiger partial charge in [0.2, 0.25) is 0 Å². The van der Waals surface area contributed by atoms with Crippen molar-refractivity contribution >= 4 is 39.2 Å². The number of anilines is 1. The van der Waals surface area contributed by atoms with E-state index in [9.17, 15) is 4.39 Å². The molecule has 28 heavy (non-hydrogen) atoms. The molecule has 0 atom stereocenters. The van der Waals surface area contributed by atoms with Crippen LogP contribution >= 0.6 is 11.3 Å². The predicted molar refractivity (Wildman–Crippen MR) is 113 cm³/mol. The molecular formula is C20H21FN6S. The zero-order valence-electron chi connectivity index (χ0n) is 15.4. The van der Waals surface area contributed by atoms with Crippen molar-refractivity contribution in [1.82, 2.24) is 20.3 Å². The number of aromatic nitrogens is 3. The van der Waals surface area contributed by atoms with Crippen molar-refractivity contribution in [3.63, 3.8) is 0 Å². The van der Waals surface area contributed by atoms with Gasteiger partial charge < -0.3 is 15.6 Å². The molecular weight excluding hydrogens is 375 g/mol. The number of nitrogens with zero attached hydrogens (tertiary/aromatic N) is 4. The van der Waals surface area contributed by atoms with E-state index in [1.807, 2.05) is 12.3 Å². The molecule has 1 saturated heterocycles. The molecule has 0 saturated carbocycles. The van der Waals surface area contributed by atoms with Crippen LogP contribution in [0.3, 0.4) is 0 Å². The Labute approximate surface area is 166 Å². The molecule has 1 fully saturated rings. The van der Waals surface area contributed by atoms with Gasteiger partial charge in [-0.2, -0.15) is 0 Å². The molecule has 0 amide bonds. The Kier molecular flexibility index (Phi) is 5.57. The zero-order valence-corrected chi connectivity index (χ0v) is 16.2. The number of rotatable bonds is 7. The monoisotopic (exact) mass is 396 g/mol. The SMILES string of the molecule is N=C/C(=C\NCCF)c1cc2nc(-c3ccc(N4CCCC4)nc3)sc2cn1. The Hall–Kier alpha value is -2.87. The van der Waals surface area contributed by atoms with Crippen LogP contribution in [0.25, 0.3) is 26.4 Å². The Morgan fingerprint density at radius 3 is 2.82 bits per heavy atom. The fourth-order valence-corrected chi connectivity index (χ4v) is 4.09. The van der Waals surface area contributed by atoms with Crippen molar-refractivity contribution in [2.24, 2.45) is 0 Å². The van der Waals surface area contributed by atoms with Crippen LogP contribution in [-0.4, -0.2) is 47.5 Å². The lowest BCUT2D eigenvalue weighted by Gasteiger charge is -2.15. The average Bonchev–Trinajstić information content (AvgIpc) is 3.41. The van der Waals surface area contributed by atoms with Gasteiger partial charge in [0.1, 0.15) is 17.5 Å². The molecule has 144 valence electrons. The molecule has 3 aromatic rings. The molecule has 4 heterocycles. The van der Waals surface area contributed by atoms with E-state index in [1.54, 1.807) is 23.7 Å². The third-order valence-electron chi connectivity index (χ3n) is 4.65. The summed E-state index contributed by atoms with van der Waals surface area (Å²) in [6, 6.07) is 5.98. The number of halogens is 1. The molecule has 0 bridgehead atoms. The molecule has 0 aliphatic carbocycles. The van der Waals surface area contributed by atoms with E-state index >= 15 is 0 Å². The van der Waals surface area contributed by atoms with E-state index in [0.29, 0.717) is 11.3 Å². The van der Waals surface area contributed by atoms with Gasteiger partial charge >= 0.3 is 0 Å². The lowest BCUT2D eigenvalue weighted by atomic mass is 10.2. The van der Waals surface area contributed by atoms with Crippen molar-refractivity contribution in [2.75, 3.05) is 31.2 Å². The second-order valence-electron chi connectivity index (χ2n) is 6.54. The minimum atomic E-state index is -0.464. The Morgan fingerprint density at radius 2 is 2.11 bits per heavy atom. The summed E-state index contributed by atoms with van der Waals surface area (Å²) >= 11 is 1.57. The van der Waals surface area contributed by atoms with Crippen LogP contribution in [0.2, 0.25) is 0 Å². The van der Waals surface area contributed by atoms with Gasteiger partial charge in [-0.1, -0.05) is 0 Å². The Balaban J connectivity index is 1.59. The quantitative estimate of drug-likeness (QED) is 0.468. The highest BCUT2D eigenvalue weighted by atomic mass is 32.1. The maximum Gasteiger partial charge on any atom is 0.128 e. The van der Waals surface area contributed by atoms with Gasteiger partial charge in [0.05, 0.1) is 15.9 Å². The van der Waals surface area contributed by atoms with E-state index in [1.165, 1.54) is 19.1 Å². The molecule has 8 heteroatoms. The Morgan fingerprint density at radius 1 is 1.25 bits per heavy atom. The van der Waals surface area contributed by atoms with Crippen molar-refractivity contribution in [1.29, 1.82) is 5.41 Å². The van der Waals surface area contributed by atoms with Crippen LogP contribution < -0.4 is 10.2 Å². The number of thiazole rings is 1. The highest BCUT2D eigenvalue weighted by molar-refractivity contribution is 7.21. The summed E-state index contributed by atoms with van der Waals surface area (Å²) in [6.45, 7) is 1.89. The highest BCUT2D eigenvalue weighted by Gasteiger charge is 2.14. The topological polar surface area (TPSA) is 77.8 Å². The average molecular weight is 396 g/mol. The minimum Gasteiger partial charge on any atom is -0.388 e. The zero-order chi connectivity index (χ0) is 19.3. The summed E-state index contributed by atoms with van der Waals surface area (Å²) in [5.74, 6) is 1.02. The van der Waals surface area contributed by atoms with Gasteiger partial charge in [0.15, 0.2) is 0 Å². The second-order valence-corrected chi connectivity index (χ2v) is 7.57. The maximum absolute atomic E-state index is 12.3. The number of allylic oxidation sites excluding steroid dienone is 1. The van der Waals surface area contributed by atoms with Crippen LogP contribution in [0.15, 0.2) is 36.8 Å². The summed E-state index contributed by atoms with van der Waals surface area (Å²) in [7, 11) is 0. The highest BCUT2D eigenvalue weighted by Crippen LogP contribution is 2.31. The van der Waals surface area contributed by atoms with E-state index in [2.05, 4.69) is 32.3 Å². The third kappa shape index (κ3) is 3.87. The smallest absolute Gasteiger partial charge is 0.128 e. The molecule has 0 unspecified atom stereocenters. The minimum absolute atomic E-state index is 0.209. The number of pyridine rings is 2. The molecule has 0 aromatic carbocycles. The normalized spacial score (nSPS) is 14.6. The number of hydrogen-bond acceptors (Lipinski definition) is 7. The molecule has 3 aromatic heterocycles. The first-order valence-corrected chi connectivity index (χ1v) is 10.1. The van der Waals surface area contributed by atoms with Crippen LogP contribution in [-0.2, 0) is 0 Å². The van der Waals surface area contributed by atoms with Crippen molar-refractivity contribution in [3.05, 3.63) is 42.5 Å². The van der Waals surface area contributed by atoms with Gasteiger partial charge in [-0.25, -0.2) is 14.4 Å². The molecule has 6 nitrogen and oxygen atoms in total. The second kappa shape index (κ2) is 8.43. The van der Waals surface area contributed by atoms with Crippen LogP contribution in [0.1, 0.15) is 18.5 Å². The fourth-order valence-electron chi connectivity index (χ4n) is 3.19. The van der Waals surface area contributed by atoms with Gasteiger partial charge in [0, 0.05) is 55.6 Å². The number of alkyl halides is 1. The number of fused-ring (bicyclic) bond motifs is 1. The van der Waals surface area contributed by atoms with Crippen LogP contribution in [0.4, 0.5) is 10.2 Å². The van der Waals surface area contributed by atoms with Gasteiger partial charge in [-0.05, 0) is 31.0 Å². The standard InChI is InChI=1S/C20H21FN6S/c21-5-6-23-11-15(10-22)16-9-17-18(13-24-16)28-20(26-17)14-3-4-19(25-12-14)27-7-1-2-8-27/h3-4,9-13,22-23H,1-2,5-8H2/b15-11+,22-10?. The van der Waals surface area contributed by atoms with Crippen LogP contribution in [0, 0.1) is 5.41 Å². The summed E-state index contributed by atoms with van der Waals surface area (Å²) in [6.07, 6.45) is 8.91. The molecule has 0 spiro atoms.